The number of ether oxygens (including phenoxy) is 1. The van der Waals surface area contributed by atoms with Gasteiger partial charge in [0.1, 0.15) is 0 Å². The Bertz CT molecular complexity index is 956. The summed E-state index contributed by atoms with van der Waals surface area (Å²) in [7, 11) is 0. The molecule has 4 rings (SSSR count). The molecular formula is C18H21Cl2N5O2. The van der Waals surface area contributed by atoms with E-state index >= 15 is 0 Å². The minimum atomic E-state index is -0.128. The fraction of sp³-hybridized carbons (Fsp3) is 0.444. The molecule has 2 aromatic heterocycles. The normalized spacial score (nSPS) is 15.7. The Kier molecular flexibility index (Phi) is 5.66. The number of benzene rings is 1. The van der Waals surface area contributed by atoms with E-state index in [9.17, 15) is 5.11 Å². The highest BCUT2D eigenvalue weighted by Crippen LogP contribution is 2.30. The van der Waals surface area contributed by atoms with Crippen molar-refractivity contribution in [1.82, 2.24) is 19.3 Å². The molecule has 0 radical (unpaired) electrons. The quantitative estimate of drug-likeness (QED) is 0.609. The van der Waals surface area contributed by atoms with Crippen LogP contribution in [0.5, 0.6) is 0 Å². The number of rotatable bonds is 6. The van der Waals surface area contributed by atoms with Crippen molar-refractivity contribution >= 4 is 45.7 Å². The third-order valence-corrected chi connectivity index (χ3v) is 5.47. The largest absolute Gasteiger partial charge is 0.390 e. The Labute approximate surface area is 166 Å². The van der Waals surface area contributed by atoms with Crippen LogP contribution in [-0.4, -0.2) is 63.8 Å². The van der Waals surface area contributed by atoms with E-state index in [0.29, 0.717) is 32.7 Å². The number of aliphatic hydroxyl groups is 1. The molecule has 2 N–H and O–H groups in total. The fourth-order valence-electron chi connectivity index (χ4n) is 3.35. The lowest BCUT2D eigenvalue weighted by atomic mass is 10.3. The van der Waals surface area contributed by atoms with Crippen LogP contribution in [0, 0.1) is 0 Å². The molecule has 0 aliphatic carbocycles. The number of morpholine rings is 1. The number of aromatic nitrogens is 3. The number of anilines is 1. The Morgan fingerprint density at radius 1 is 1.19 bits per heavy atom. The van der Waals surface area contributed by atoms with Gasteiger partial charge in [-0.3, -0.25) is 9.30 Å². The van der Waals surface area contributed by atoms with Gasteiger partial charge in [0.15, 0.2) is 11.5 Å². The van der Waals surface area contributed by atoms with Crippen molar-refractivity contribution in [3.8, 4) is 0 Å². The van der Waals surface area contributed by atoms with Crippen LogP contribution in [-0.2, 0) is 11.3 Å². The van der Waals surface area contributed by atoms with Gasteiger partial charge in [-0.2, -0.15) is 0 Å². The molecule has 7 nitrogen and oxygen atoms in total. The summed E-state index contributed by atoms with van der Waals surface area (Å²) in [6.07, 6.45) is 2.64. The van der Waals surface area contributed by atoms with E-state index in [-0.39, 0.29) is 6.61 Å². The molecule has 1 fully saturated rings. The van der Waals surface area contributed by atoms with Crippen LogP contribution in [0.2, 0.25) is 10.0 Å². The monoisotopic (exact) mass is 409 g/mol. The van der Waals surface area contributed by atoms with Crippen molar-refractivity contribution in [3.63, 3.8) is 0 Å². The van der Waals surface area contributed by atoms with E-state index in [1.54, 1.807) is 18.3 Å². The molecule has 144 valence electrons. The van der Waals surface area contributed by atoms with Gasteiger partial charge >= 0.3 is 0 Å². The van der Waals surface area contributed by atoms with Crippen molar-refractivity contribution in [2.75, 3.05) is 44.7 Å². The first-order valence-electron chi connectivity index (χ1n) is 8.97. The minimum Gasteiger partial charge on any atom is -0.390 e. The van der Waals surface area contributed by atoms with Crippen molar-refractivity contribution in [2.45, 2.75) is 13.0 Å². The topological polar surface area (TPSA) is 74.9 Å². The van der Waals surface area contributed by atoms with E-state index in [1.165, 1.54) is 0 Å². The lowest BCUT2D eigenvalue weighted by Gasteiger charge is -2.26. The van der Waals surface area contributed by atoms with Gasteiger partial charge in [-0.05, 0) is 25.1 Å². The molecule has 0 bridgehead atoms. The van der Waals surface area contributed by atoms with E-state index in [1.807, 2.05) is 4.40 Å². The molecule has 9 heteroatoms. The van der Waals surface area contributed by atoms with E-state index in [4.69, 9.17) is 27.9 Å². The van der Waals surface area contributed by atoms with Crippen molar-refractivity contribution in [1.29, 1.82) is 0 Å². The number of nitrogens with one attached hydrogen (secondary N) is 1. The summed E-state index contributed by atoms with van der Waals surface area (Å²) in [4.78, 5) is 11.5. The summed E-state index contributed by atoms with van der Waals surface area (Å²) >= 11 is 12.4. The fourth-order valence-corrected chi connectivity index (χ4v) is 3.67. The van der Waals surface area contributed by atoms with Gasteiger partial charge in [0.25, 0.3) is 0 Å². The Morgan fingerprint density at radius 2 is 1.96 bits per heavy atom. The third-order valence-electron chi connectivity index (χ3n) is 4.75. The second-order valence-electron chi connectivity index (χ2n) is 6.52. The molecule has 1 saturated heterocycles. The average molecular weight is 410 g/mol. The summed E-state index contributed by atoms with van der Waals surface area (Å²) in [5.74, 6) is 0.669. The highest BCUT2D eigenvalue weighted by atomic mass is 35.5. The second kappa shape index (κ2) is 8.16. The maximum Gasteiger partial charge on any atom is 0.180 e. The standard InChI is InChI=1S/C18H21Cl2N5O2/c19-13-8-15-16(9-14(13)20)25-12(11-26)10-22-18(25)17(23-15)21-2-1-3-24-4-6-27-7-5-24/h8-10,26H,1-7,11H2,(H,21,23). The summed E-state index contributed by atoms with van der Waals surface area (Å²) in [6, 6.07) is 3.49. The molecule has 3 aromatic rings. The molecular weight excluding hydrogens is 389 g/mol. The van der Waals surface area contributed by atoms with E-state index in [0.717, 1.165) is 51.3 Å². The Hall–Kier alpha value is -1.64. The van der Waals surface area contributed by atoms with Gasteiger partial charge in [0, 0.05) is 19.6 Å². The molecule has 27 heavy (non-hydrogen) atoms. The van der Waals surface area contributed by atoms with Crippen LogP contribution in [0.4, 0.5) is 5.82 Å². The minimum absolute atomic E-state index is 0.128. The number of fused-ring (bicyclic) bond motifs is 3. The number of halogens is 2. The zero-order chi connectivity index (χ0) is 18.8. The van der Waals surface area contributed by atoms with Crippen LogP contribution >= 0.6 is 23.2 Å². The SMILES string of the molecule is OCc1cnc2c(NCCCN3CCOCC3)nc3cc(Cl)c(Cl)cc3n12. The first kappa shape index (κ1) is 18.7. The zero-order valence-corrected chi connectivity index (χ0v) is 16.3. The number of imidazole rings is 1. The van der Waals surface area contributed by atoms with E-state index in [2.05, 4.69) is 20.2 Å². The summed E-state index contributed by atoms with van der Waals surface area (Å²) in [5.41, 5.74) is 2.79. The zero-order valence-electron chi connectivity index (χ0n) is 14.8. The smallest absolute Gasteiger partial charge is 0.180 e. The Balaban J connectivity index is 1.59. The number of hydrogen-bond acceptors (Lipinski definition) is 6. The first-order chi connectivity index (χ1) is 13.2. The summed E-state index contributed by atoms with van der Waals surface area (Å²) in [6.45, 7) is 5.24. The lowest BCUT2D eigenvalue weighted by Crippen LogP contribution is -2.37. The highest BCUT2D eigenvalue weighted by molar-refractivity contribution is 6.42. The van der Waals surface area contributed by atoms with Crippen LogP contribution in [0.1, 0.15) is 12.1 Å². The average Bonchev–Trinajstić information content (AvgIpc) is 3.12. The summed E-state index contributed by atoms with van der Waals surface area (Å²) in [5, 5.41) is 13.9. The van der Waals surface area contributed by atoms with Gasteiger partial charge in [-0.15, -0.1) is 0 Å². The van der Waals surface area contributed by atoms with E-state index < -0.39 is 0 Å². The van der Waals surface area contributed by atoms with Gasteiger partial charge in [0.05, 0.1) is 52.8 Å². The molecule has 0 spiro atoms. The van der Waals surface area contributed by atoms with Crippen molar-refractivity contribution in [3.05, 3.63) is 34.1 Å². The molecule has 1 aliphatic rings. The van der Waals surface area contributed by atoms with Gasteiger partial charge in [-0.1, -0.05) is 23.2 Å². The van der Waals surface area contributed by atoms with Crippen LogP contribution in [0.15, 0.2) is 18.3 Å². The third kappa shape index (κ3) is 3.83. The molecule has 3 heterocycles. The van der Waals surface area contributed by atoms with Crippen LogP contribution < -0.4 is 5.32 Å². The molecule has 0 atom stereocenters. The molecule has 0 amide bonds. The van der Waals surface area contributed by atoms with Crippen LogP contribution in [0.25, 0.3) is 16.7 Å². The number of nitrogens with zero attached hydrogens (tertiary/aromatic N) is 4. The van der Waals surface area contributed by atoms with Gasteiger partial charge < -0.3 is 15.2 Å². The number of aliphatic hydroxyl groups excluding tert-OH is 1. The van der Waals surface area contributed by atoms with Crippen molar-refractivity contribution < 1.29 is 9.84 Å². The predicted octanol–water partition coefficient (Wildman–Crippen LogP) is 2.82. The predicted molar refractivity (Wildman–Crippen MR) is 107 cm³/mol. The maximum absolute atomic E-state index is 9.68. The Morgan fingerprint density at radius 3 is 2.74 bits per heavy atom. The van der Waals surface area contributed by atoms with Crippen LogP contribution in [0.3, 0.4) is 0 Å². The highest BCUT2D eigenvalue weighted by Gasteiger charge is 2.15. The summed E-state index contributed by atoms with van der Waals surface area (Å²) < 4.78 is 7.25. The number of hydrogen-bond donors (Lipinski definition) is 2. The molecule has 1 aromatic carbocycles. The van der Waals surface area contributed by atoms with Gasteiger partial charge in [-0.25, -0.2) is 9.97 Å². The molecule has 0 saturated carbocycles. The van der Waals surface area contributed by atoms with Gasteiger partial charge in [0.2, 0.25) is 0 Å². The maximum atomic E-state index is 9.68. The lowest BCUT2D eigenvalue weighted by molar-refractivity contribution is 0.0378. The second-order valence-corrected chi connectivity index (χ2v) is 7.33. The van der Waals surface area contributed by atoms with Crippen molar-refractivity contribution in [2.24, 2.45) is 0 Å². The molecule has 0 unspecified atom stereocenters. The first-order valence-corrected chi connectivity index (χ1v) is 9.73. The molecule has 1 aliphatic heterocycles.